The molecule has 0 aromatic heterocycles. The van der Waals surface area contributed by atoms with Crippen molar-refractivity contribution in [3.63, 3.8) is 0 Å². The molecule has 2 rings (SSSR count). The fraction of sp³-hybridized carbons (Fsp3) is 0.417. The Hall–Kier alpha value is -1.00. The van der Waals surface area contributed by atoms with E-state index in [-0.39, 0.29) is 5.37 Å². The Morgan fingerprint density at radius 3 is 2.50 bits per heavy atom. The molecule has 0 aliphatic carbocycles. The van der Waals surface area contributed by atoms with Gasteiger partial charge in [-0.05, 0) is 19.4 Å². The smallest absolute Gasteiger partial charge is 0.321 e. The molecule has 4 heteroatoms. The van der Waals surface area contributed by atoms with E-state index in [1.807, 2.05) is 0 Å². The summed E-state index contributed by atoms with van der Waals surface area (Å²) < 4.78 is 0. The third-order valence-corrected chi connectivity index (χ3v) is 3.89. The van der Waals surface area contributed by atoms with Gasteiger partial charge < -0.3 is 5.11 Å². The van der Waals surface area contributed by atoms with E-state index in [4.69, 9.17) is 5.11 Å². The van der Waals surface area contributed by atoms with E-state index in [1.54, 1.807) is 11.8 Å². The van der Waals surface area contributed by atoms with Crippen molar-refractivity contribution < 1.29 is 9.90 Å². The number of rotatable bonds is 2. The summed E-state index contributed by atoms with van der Waals surface area (Å²) in [6, 6.07) is 5.93. The lowest BCUT2D eigenvalue weighted by Gasteiger charge is -2.13. The Kier molecular flexibility index (Phi) is 3.21. The number of carbonyl (C=O) groups is 1. The summed E-state index contributed by atoms with van der Waals surface area (Å²) in [7, 11) is 0. The number of hydrogen-bond donors (Lipinski definition) is 2. The number of aryl methyl sites for hydroxylation is 2. The van der Waals surface area contributed by atoms with Gasteiger partial charge >= 0.3 is 5.97 Å². The van der Waals surface area contributed by atoms with E-state index in [0.717, 1.165) is 0 Å². The maximum atomic E-state index is 10.8. The Morgan fingerprint density at radius 1 is 1.38 bits per heavy atom. The van der Waals surface area contributed by atoms with E-state index in [0.29, 0.717) is 5.75 Å². The Bertz CT molecular complexity index is 399. The van der Waals surface area contributed by atoms with Gasteiger partial charge in [-0.1, -0.05) is 29.3 Å². The molecular weight excluding hydrogens is 222 g/mol. The summed E-state index contributed by atoms with van der Waals surface area (Å²) in [5, 5.41) is 12.1. The highest BCUT2D eigenvalue weighted by atomic mass is 32.2. The fourth-order valence-corrected chi connectivity index (χ4v) is 3.18. The van der Waals surface area contributed by atoms with Crippen LogP contribution in [0.3, 0.4) is 0 Å². The SMILES string of the molecule is Cc1cc(C)cc(C2NC(C(=O)O)CS2)c1. The molecule has 1 fully saturated rings. The van der Waals surface area contributed by atoms with Crippen molar-refractivity contribution in [2.75, 3.05) is 5.75 Å². The van der Waals surface area contributed by atoms with E-state index < -0.39 is 12.0 Å². The molecule has 1 saturated heterocycles. The summed E-state index contributed by atoms with van der Waals surface area (Å²) in [6.07, 6.45) is 0. The molecule has 0 amide bonds. The molecule has 2 atom stereocenters. The number of nitrogens with one attached hydrogen (secondary N) is 1. The number of benzene rings is 1. The van der Waals surface area contributed by atoms with Crippen LogP contribution in [0.15, 0.2) is 18.2 Å². The lowest BCUT2D eigenvalue weighted by Crippen LogP contribution is -2.33. The van der Waals surface area contributed by atoms with Crippen molar-refractivity contribution in [3.8, 4) is 0 Å². The summed E-state index contributed by atoms with van der Waals surface area (Å²) in [4.78, 5) is 10.8. The monoisotopic (exact) mass is 237 g/mol. The van der Waals surface area contributed by atoms with Crippen LogP contribution < -0.4 is 5.32 Å². The fourth-order valence-electron chi connectivity index (χ4n) is 1.97. The number of aliphatic carboxylic acids is 1. The van der Waals surface area contributed by atoms with E-state index >= 15 is 0 Å². The molecule has 1 aromatic carbocycles. The molecule has 1 aromatic rings. The highest BCUT2D eigenvalue weighted by Gasteiger charge is 2.30. The number of hydrogen-bond acceptors (Lipinski definition) is 3. The molecule has 1 aliphatic heterocycles. The third kappa shape index (κ3) is 2.39. The summed E-state index contributed by atoms with van der Waals surface area (Å²) in [5.41, 5.74) is 3.61. The topological polar surface area (TPSA) is 49.3 Å². The molecular formula is C12H15NO2S. The zero-order valence-corrected chi connectivity index (χ0v) is 10.2. The van der Waals surface area contributed by atoms with Crippen LogP contribution in [0, 0.1) is 13.8 Å². The van der Waals surface area contributed by atoms with Gasteiger partial charge in [0.05, 0.1) is 5.37 Å². The first-order chi connectivity index (χ1) is 7.56. The Labute approximate surface area is 99.2 Å². The molecule has 0 radical (unpaired) electrons. The van der Waals surface area contributed by atoms with Gasteiger partial charge in [0, 0.05) is 5.75 Å². The molecule has 86 valence electrons. The summed E-state index contributed by atoms with van der Waals surface area (Å²) in [6.45, 7) is 4.12. The number of carboxylic acid groups (broad SMARTS) is 1. The van der Waals surface area contributed by atoms with Crippen molar-refractivity contribution >= 4 is 17.7 Å². The maximum Gasteiger partial charge on any atom is 0.321 e. The van der Waals surface area contributed by atoms with Gasteiger partial charge in [-0.25, -0.2) is 0 Å². The van der Waals surface area contributed by atoms with Gasteiger partial charge in [-0.2, -0.15) is 0 Å². The van der Waals surface area contributed by atoms with Crippen LogP contribution in [0.1, 0.15) is 22.1 Å². The normalized spacial score (nSPS) is 24.6. The zero-order valence-electron chi connectivity index (χ0n) is 9.36. The van der Waals surface area contributed by atoms with Crippen LogP contribution in [0.25, 0.3) is 0 Å². The minimum Gasteiger partial charge on any atom is -0.480 e. The van der Waals surface area contributed by atoms with Crippen molar-refractivity contribution in [2.45, 2.75) is 25.3 Å². The van der Waals surface area contributed by atoms with Crippen molar-refractivity contribution in [1.82, 2.24) is 5.32 Å². The first-order valence-electron chi connectivity index (χ1n) is 5.25. The predicted octanol–water partition coefficient (Wildman–Crippen LogP) is 2.09. The average molecular weight is 237 g/mol. The highest BCUT2D eigenvalue weighted by Crippen LogP contribution is 2.33. The van der Waals surface area contributed by atoms with Gasteiger partial charge in [0.1, 0.15) is 6.04 Å². The quantitative estimate of drug-likeness (QED) is 0.827. The van der Waals surface area contributed by atoms with Gasteiger partial charge in [-0.3, -0.25) is 10.1 Å². The van der Waals surface area contributed by atoms with Crippen LogP contribution in [0.2, 0.25) is 0 Å². The Morgan fingerprint density at radius 2 is 2.00 bits per heavy atom. The lowest BCUT2D eigenvalue weighted by atomic mass is 10.1. The molecule has 0 saturated carbocycles. The minimum absolute atomic E-state index is 0.111. The molecule has 1 heterocycles. The predicted molar refractivity (Wildman–Crippen MR) is 65.7 cm³/mol. The average Bonchev–Trinajstić information content (AvgIpc) is 2.64. The minimum atomic E-state index is -0.764. The van der Waals surface area contributed by atoms with Crippen molar-refractivity contribution in [3.05, 3.63) is 34.9 Å². The lowest BCUT2D eigenvalue weighted by molar-refractivity contribution is -0.138. The van der Waals surface area contributed by atoms with E-state index in [1.165, 1.54) is 16.7 Å². The van der Waals surface area contributed by atoms with Crippen LogP contribution in [0.5, 0.6) is 0 Å². The van der Waals surface area contributed by atoms with Crippen LogP contribution >= 0.6 is 11.8 Å². The second-order valence-electron chi connectivity index (χ2n) is 4.19. The standard InChI is InChI=1S/C12H15NO2S/c1-7-3-8(2)5-9(4-7)11-13-10(6-16-11)12(14)15/h3-5,10-11,13H,6H2,1-2H3,(H,14,15). The van der Waals surface area contributed by atoms with Crippen LogP contribution in [-0.2, 0) is 4.79 Å². The van der Waals surface area contributed by atoms with Crippen molar-refractivity contribution in [1.29, 1.82) is 0 Å². The molecule has 2 N–H and O–H groups in total. The van der Waals surface area contributed by atoms with Gasteiger partial charge in [0.25, 0.3) is 0 Å². The maximum absolute atomic E-state index is 10.8. The highest BCUT2D eigenvalue weighted by molar-refractivity contribution is 7.99. The third-order valence-electron chi connectivity index (χ3n) is 2.63. The first kappa shape index (κ1) is 11.5. The zero-order chi connectivity index (χ0) is 11.7. The Balaban J connectivity index is 2.17. The molecule has 2 unspecified atom stereocenters. The number of thioether (sulfide) groups is 1. The second-order valence-corrected chi connectivity index (χ2v) is 5.33. The van der Waals surface area contributed by atoms with E-state index in [2.05, 4.69) is 37.4 Å². The molecule has 3 nitrogen and oxygen atoms in total. The molecule has 0 spiro atoms. The largest absolute Gasteiger partial charge is 0.480 e. The summed E-state index contributed by atoms with van der Waals surface area (Å²) in [5.74, 6) is -0.133. The van der Waals surface area contributed by atoms with Gasteiger partial charge in [0.15, 0.2) is 0 Å². The summed E-state index contributed by atoms with van der Waals surface area (Å²) >= 11 is 1.66. The van der Waals surface area contributed by atoms with Crippen LogP contribution in [0.4, 0.5) is 0 Å². The molecule has 1 aliphatic rings. The van der Waals surface area contributed by atoms with Gasteiger partial charge in [-0.15, -0.1) is 11.8 Å². The van der Waals surface area contributed by atoms with E-state index in [9.17, 15) is 4.79 Å². The first-order valence-corrected chi connectivity index (χ1v) is 6.30. The van der Waals surface area contributed by atoms with Crippen molar-refractivity contribution in [2.24, 2.45) is 0 Å². The van der Waals surface area contributed by atoms with Gasteiger partial charge in [0.2, 0.25) is 0 Å². The molecule has 16 heavy (non-hydrogen) atoms. The molecule has 0 bridgehead atoms. The van der Waals surface area contributed by atoms with Crippen LogP contribution in [-0.4, -0.2) is 22.9 Å². The number of carboxylic acids is 1. The second kappa shape index (κ2) is 4.47.